The molecule has 0 fully saturated rings. The van der Waals surface area contributed by atoms with Gasteiger partial charge in [-0.15, -0.1) is 0 Å². The van der Waals surface area contributed by atoms with E-state index in [0.717, 1.165) is 39.6 Å². The molecule has 5 rings (SSSR count). The van der Waals surface area contributed by atoms with Gasteiger partial charge >= 0.3 is 0 Å². The van der Waals surface area contributed by atoms with E-state index in [1.807, 2.05) is 6.07 Å². The fourth-order valence-corrected chi connectivity index (χ4v) is 5.75. The number of likely N-dealkylation sites (N-methyl/N-ethyl adjacent to an activating group) is 1. The molecule has 5 nitrogen and oxygen atoms in total. The van der Waals surface area contributed by atoms with Gasteiger partial charge in [-0.25, -0.2) is 4.99 Å². The van der Waals surface area contributed by atoms with Crippen LogP contribution in [-0.4, -0.2) is 28.8 Å². The molecule has 2 aromatic carbocycles. The average Bonchev–Trinajstić information content (AvgIpc) is 2.99. The van der Waals surface area contributed by atoms with Crippen molar-refractivity contribution in [2.45, 2.75) is 31.7 Å². The van der Waals surface area contributed by atoms with Gasteiger partial charge in [0.25, 0.3) is 5.91 Å². The smallest absolute Gasteiger partial charge is 0.261 e. The highest BCUT2D eigenvalue weighted by molar-refractivity contribution is 9.10. The van der Waals surface area contributed by atoms with Crippen molar-refractivity contribution in [3.8, 4) is 11.1 Å². The van der Waals surface area contributed by atoms with Crippen LogP contribution in [0.4, 0.5) is 0 Å². The summed E-state index contributed by atoms with van der Waals surface area (Å²) in [4.78, 5) is 24.1. The van der Waals surface area contributed by atoms with E-state index in [1.165, 1.54) is 10.5 Å². The maximum Gasteiger partial charge on any atom is 0.261 e. The van der Waals surface area contributed by atoms with E-state index >= 15 is 0 Å². The highest BCUT2D eigenvalue weighted by Gasteiger charge is 2.55. The SMILES string of the molecule is CN1C(=O)C2(C[C@](C)(Cc3ccc(Br)cc3)Cc3ccc(-c4cncc(Cl)c4)cc32)N=C1N. The van der Waals surface area contributed by atoms with Gasteiger partial charge in [0.1, 0.15) is 0 Å². The molecule has 1 aliphatic carbocycles. The van der Waals surface area contributed by atoms with Gasteiger partial charge in [0.2, 0.25) is 0 Å². The van der Waals surface area contributed by atoms with E-state index in [4.69, 9.17) is 22.3 Å². The molecule has 1 aromatic heterocycles. The molecule has 0 radical (unpaired) electrons. The number of pyridine rings is 1. The van der Waals surface area contributed by atoms with Crippen LogP contribution in [0.25, 0.3) is 11.1 Å². The van der Waals surface area contributed by atoms with Crippen LogP contribution in [0.5, 0.6) is 0 Å². The first kappa shape index (κ1) is 22.1. The van der Waals surface area contributed by atoms with E-state index in [9.17, 15) is 4.79 Å². The molecule has 7 heteroatoms. The second-order valence-corrected chi connectivity index (χ2v) is 10.8. The van der Waals surface area contributed by atoms with Crippen LogP contribution in [0.15, 0.2) is 70.4 Å². The zero-order valence-electron chi connectivity index (χ0n) is 18.5. The predicted octanol–water partition coefficient (Wildman–Crippen LogP) is 5.34. The van der Waals surface area contributed by atoms with Crippen LogP contribution in [0.2, 0.25) is 5.02 Å². The first-order valence-electron chi connectivity index (χ1n) is 10.8. The Morgan fingerprint density at radius 3 is 2.55 bits per heavy atom. The van der Waals surface area contributed by atoms with Crippen LogP contribution >= 0.6 is 27.5 Å². The van der Waals surface area contributed by atoms with Crippen LogP contribution in [0.3, 0.4) is 0 Å². The molecule has 2 atom stereocenters. The van der Waals surface area contributed by atoms with Crippen LogP contribution < -0.4 is 5.73 Å². The van der Waals surface area contributed by atoms with E-state index in [-0.39, 0.29) is 17.3 Å². The molecule has 2 N–H and O–H groups in total. The van der Waals surface area contributed by atoms with Crippen LogP contribution in [0, 0.1) is 5.41 Å². The second-order valence-electron chi connectivity index (χ2n) is 9.43. The Morgan fingerprint density at radius 1 is 1.12 bits per heavy atom. The number of carbonyl (C=O) groups is 1. The van der Waals surface area contributed by atoms with Crippen LogP contribution in [0.1, 0.15) is 30.0 Å². The van der Waals surface area contributed by atoms with Gasteiger partial charge in [0.15, 0.2) is 11.5 Å². The fourth-order valence-electron chi connectivity index (χ4n) is 5.31. The van der Waals surface area contributed by atoms with Crippen molar-refractivity contribution >= 4 is 39.4 Å². The van der Waals surface area contributed by atoms with E-state index in [2.05, 4.69) is 70.3 Å². The minimum atomic E-state index is -1.03. The van der Waals surface area contributed by atoms with Crippen molar-refractivity contribution in [2.24, 2.45) is 16.1 Å². The number of halogens is 2. The largest absolute Gasteiger partial charge is 0.369 e. The van der Waals surface area contributed by atoms with E-state index < -0.39 is 5.54 Å². The molecule has 0 saturated carbocycles. The third kappa shape index (κ3) is 3.85. The lowest BCUT2D eigenvalue weighted by molar-refractivity contribution is -0.132. The maximum absolute atomic E-state index is 13.6. The number of nitrogens with two attached hydrogens (primary N) is 1. The summed E-state index contributed by atoms with van der Waals surface area (Å²) in [6, 6.07) is 16.5. The molecule has 1 amide bonds. The summed E-state index contributed by atoms with van der Waals surface area (Å²) in [5.41, 5.74) is 10.1. The third-order valence-electron chi connectivity index (χ3n) is 6.75. The number of hydrogen-bond donors (Lipinski definition) is 1. The Bertz CT molecular complexity index is 1290. The van der Waals surface area contributed by atoms with E-state index in [0.29, 0.717) is 11.4 Å². The van der Waals surface area contributed by atoms with Gasteiger partial charge in [-0.2, -0.15) is 0 Å². The van der Waals surface area contributed by atoms with Crippen molar-refractivity contribution < 1.29 is 4.79 Å². The summed E-state index contributed by atoms with van der Waals surface area (Å²) in [5.74, 6) is 0.179. The number of benzene rings is 2. The summed E-state index contributed by atoms with van der Waals surface area (Å²) in [6.45, 7) is 2.24. The minimum absolute atomic E-state index is 0.0793. The number of nitrogens with zero attached hydrogens (tertiary/aromatic N) is 3. The third-order valence-corrected chi connectivity index (χ3v) is 7.48. The van der Waals surface area contributed by atoms with Crippen LogP contribution in [-0.2, 0) is 23.2 Å². The van der Waals surface area contributed by atoms with Crippen molar-refractivity contribution in [1.29, 1.82) is 0 Å². The number of aliphatic imine (C=N–C) groups is 1. The van der Waals surface area contributed by atoms with Crippen molar-refractivity contribution in [2.75, 3.05) is 7.05 Å². The lowest BCUT2D eigenvalue weighted by Gasteiger charge is -2.43. The molecular weight excluding hydrogens is 500 g/mol. The van der Waals surface area contributed by atoms with Crippen molar-refractivity contribution in [3.63, 3.8) is 0 Å². The number of amides is 1. The Kier molecular flexibility index (Phi) is 5.33. The van der Waals surface area contributed by atoms with Gasteiger partial charge in [-0.3, -0.25) is 14.7 Å². The number of rotatable bonds is 3. The minimum Gasteiger partial charge on any atom is -0.369 e. The molecule has 0 bridgehead atoms. The standard InChI is InChI=1S/C26H24BrClN4O/c1-25(11-16-3-7-20(27)8-4-16)12-18-6-5-17(19-9-21(28)14-30-13-19)10-22(18)26(15-25)23(33)32(2)24(29)31-26/h3-10,13-14H,11-12,15H2,1-2H3,(H2,29,31)/t25-,26?/m1/s1. The van der Waals surface area contributed by atoms with Gasteiger partial charge in [-0.1, -0.05) is 58.7 Å². The quantitative estimate of drug-likeness (QED) is 0.504. The summed E-state index contributed by atoms with van der Waals surface area (Å²) in [6.07, 6.45) is 5.67. The van der Waals surface area contributed by atoms with Gasteiger partial charge < -0.3 is 5.73 Å². The topological polar surface area (TPSA) is 71.6 Å². The average molecular weight is 524 g/mol. The van der Waals surface area contributed by atoms with Crippen molar-refractivity contribution in [3.05, 3.63) is 87.1 Å². The normalized spacial score (nSPS) is 24.2. The molecule has 3 aromatic rings. The molecule has 1 spiro atoms. The van der Waals surface area contributed by atoms with E-state index in [1.54, 1.807) is 19.4 Å². The molecule has 1 unspecified atom stereocenters. The number of aromatic nitrogens is 1. The fraction of sp³-hybridized carbons (Fsp3) is 0.269. The first-order chi connectivity index (χ1) is 15.7. The van der Waals surface area contributed by atoms with Gasteiger partial charge in [0.05, 0.1) is 5.02 Å². The Hall–Kier alpha value is -2.70. The number of fused-ring (bicyclic) bond motifs is 2. The number of carbonyl (C=O) groups excluding carboxylic acids is 1. The lowest BCUT2D eigenvalue weighted by Crippen LogP contribution is -2.47. The number of hydrogen-bond acceptors (Lipinski definition) is 4. The lowest BCUT2D eigenvalue weighted by atomic mass is 9.62. The monoisotopic (exact) mass is 522 g/mol. The second kappa shape index (κ2) is 7.96. The summed E-state index contributed by atoms with van der Waals surface area (Å²) in [7, 11) is 1.70. The molecular formula is C26H24BrClN4O. The Morgan fingerprint density at radius 2 is 1.88 bits per heavy atom. The molecule has 0 saturated heterocycles. The zero-order chi connectivity index (χ0) is 23.4. The number of guanidine groups is 1. The first-order valence-corrected chi connectivity index (χ1v) is 12.0. The Labute approximate surface area is 206 Å². The highest BCUT2D eigenvalue weighted by Crippen LogP contribution is 2.51. The van der Waals surface area contributed by atoms with Crippen molar-refractivity contribution in [1.82, 2.24) is 9.88 Å². The highest BCUT2D eigenvalue weighted by atomic mass is 79.9. The molecule has 168 valence electrons. The maximum atomic E-state index is 13.6. The molecule has 2 heterocycles. The molecule has 33 heavy (non-hydrogen) atoms. The molecule has 2 aliphatic rings. The molecule has 1 aliphatic heterocycles. The van der Waals surface area contributed by atoms with Gasteiger partial charge in [-0.05, 0) is 71.2 Å². The summed E-state index contributed by atoms with van der Waals surface area (Å²) in [5, 5.41) is 0.570. The summed E-state index contributed by atoms with van der Waals surface area (Å²) < 4.78 is 1.05. The predicted molar refractivity (Wildman–Crippen MR) is 135 cm³/mol. The zero-order valence-corrected chi connectivity index (χ0v) is 20.8. The Balaban J connectivity index is 1.63. The van der Waals surface area contributed by atoms with Gasteiger partial charge in [0, 0.05) is 29.5 Å². The summed E-state index contributed by atoms with van der Waals surface area (Å²) >= 11 is 9.69.